The second kappa shape index (κ2) is 8.02. The molecule has 0 spiro atoms. The molecule has 9 heteroatoms. The van der Waals surface area contributed by atoms with Crippen LogP contribution in [0.4, 0.5) is 26.7 Å². The summed E-state index contributed by atoms with van der Waals surface area (Å²) in [6.45, 7) is -0.244. The molecule has 0 bridgehead atoms. The molecule has 1 fully saturated rings. The van der Waals surface area contributed by atoms with Crippen molar-refractivity contribution in [3.63, 3.8) is 0 Å². The summed E-state index contributed by atoms with van der Waals surface area (Å²) in [6.07, 6.45) is -6.47. The molecule has 152 valence electrons. The van der Waals surface area contributed by atoms with Gasteiger partial charge in [0, 0.05) is 18.6 Å². The van der Waals surface area contributed by atoms with Crippen molar-refractivity contribution in [1.82, 2.24) is 4.90 Å². The van der Waals surface area contributed by atoms with E-state index in [4.69, 9.17) is 4.74 Å². The first-order valence-electron chi connectivity index (χ1n) is 8.45. The van der Waals surface area contributed by atoms with E-state index in [0.29, 0.717) is 23.1 Å². The van der Waals surface area contributed by atoms with Gasteiger partial charge in [-0.15, -0.1) is 0 Å². The van der Waals surface area contributed by atoms with Crippen LogP contribution in [-0.2, 0) is 16.0 Å². The van der Waals surface area contributed by atoms with E-state index in [1.165, 1.54) is 0 Å². The monoisotopic (exact) mass is 411 g/mol. The number of carbonyl (C=O) groups is 2. The molecular formula is C20H14F5NO3. The van der Waals surface area contributed by atoms with Gasteiger partial charge in [0.05, 0.1) is 12.1 Å². The van der Waals surface area contributed by atoms with Gasteiger partial charge in [-0.1, -0.05) is 30.3 Å². The molecule has 1 unspecified atom stereocenters. The van der Waals surface area contributed by atoms with Crippen LogP contribution in [0.5, 0.6) is 0 Å². The van der Waals surface area contributed by atoms with Crippen LogP contribution < -0.4 is 0 Å². The third-order valence-electron chi connectivity index (χ3n) is 4.19. The lowest BCUT2D eigenvalue weighted by atomic mass is 10.0. The van der Waals surface area contributed by atoms with E-state index >= 15 is 0 Å². The van der Waals surface area contributed by atoms with Crippen LogP contribution in [0.25, 0.3) is 5.57 Å². The van der Waals surface area contributed by atoms with Crippen LogP contribution in [0.15, 0.2) is 54.6 Å². The molecule has 1 aliphatic heterocycles. The van der Waals surface area contributed by atoms with E-state index in [2.05, 4.69) is 0 Å². The fraction of sp³-hybridized carbons (Fsp3) is 0.200. The Morgan fingerprint density at radius 3 is 2.31 bits per heavy atom. The Morgan fingerprint density at radius 2 is 1.72 bits per heavy atom. The van der Waals surface area contributed by atoms with Gasteiger partial charge in [-0.3, -0.25) is 4.79 Å². The van der Waals surface area contributed by atoms with Gasteiger partial charge in [0.1, 0.15) is 17.7 Å². The number of hydrogen-bond acceptors (Lipinski definition) is 3. The van der Waals surface area contributed by atoms with E-state index in [0.717, 1.165) is 5.56 Å². The zero-order valence-corrected chi connectivity index (χ0v) is 14.7. The molecule has 2 aromatic carbocycles. The SMILES string of the molecule is O=C(C=C(c1cc(F)cc(F)c1)C(F)(F)F)N1CC(Cc2ccccc2)OC1=O. The maximum absolute atomic E-state index is 13.4. The average Bonchev–Trinajstić information content (AvgIpc) is 2.98. The smallest absolute Gasteiger partial charge is 0.417 e. The first kappa shape index (κ1) is 20.5. The minimum atomic E-state index is -5.08. The Balaban J connectivity index is 1.83. The topological polar surface area (TPSA) is 46.6 Å². The molecule has 0 aliphatic carbocycles. The summed E-state index contributed by atoms with van der Waals surface area (Å²) in [5.41, 5.74) is -1.61. The Hall–Kier alpha value is -3.23. The number of imide groups is 1. The molecule has 1 aliphatic rings. The van der Waals surface area contributed by atoms with Crippen molar-refractivity contribution in [2.75, 3.05) is 6.54 Å². The van der Waals surface area contributed by atoms with Gasteiger partial charge in [-0.2, -0.15) is 13.2 Å². The number of alkyl halides is 3. The highest BCUT2D eigenvalue weighted by molar-refractivity contribution is 6.04. The third kappa shape index (κ3) is 4.98. The van der Waals surface area contributed by atoms with Crippen molar-refractivity contribution in [3.05, 3.63) is 77.4 Å². The van der Waals surface area contributed by atoms with Crippen molar-refractivity contribution in [2.24, 2.45) is 0 Å². The molecular weight excluding hydrogens is 397 g/mol. The van der Waals surface area contributed by atoms with Crippen LogP contribution in [0.2, 0.25) is 0 Å². The largest absolute Gasteiger partial charge is 0.444 e. The zero-order chi connectivity index (χ0) is 21.2. The Bertz CT molecular complexity index is 936. The number of halogens is 5. The lowest BCUT2D eigenvalue weighted by Crippen LogP contribution is -2.32. The number of rotatable bonds is 4. The summed E-state index contributed by atoms with van der Waals surface area (Å²) in [6, 6.07) is 10.2. The maximum atomic E-state index is 13.4. The lowest BCUT2D eigenvalue weighted by Gasteiger charge is -2.14. The highest BCUT2D eigenvalue weighted by Gasteiger charge is 2.39. The van der Waals surface area contributed by atoms with Gasteiger partial charge < -0.3 is 4.74 Å². The van der Waals surface area contributed by atoms with Crippen molar-refractivity contribution in [2.45, 2.75) is 18.7 Å². The average molecular weight is 411 g/mol. The van der Waals surface area contributed by atoms with E-state index in [1.54, 1.807) is 30.3 Å². The zero-order valence-electron chi connectivity index (χ0n) is 14.7. The van der Waals surface area contributed by atoms with Crippen molar-refractivity contribution in [1.29, 1.82) is 0 Å². The van der Waals surface area contributed by atoms with Gasteiger partial charge in [-0.25, -0.2) is 18.5 Å². The Morgan fingerprint density at radius 1 is 1.10 bits per heavy atom. The number of carbonyl (C=O) groups excluding carboxylic acids is 2. The molecule has 29 heavy (non-hydrogen) atoms. The second-order valence-electron chi connectivity index (χ2n) is 6.36. The van der Waals surface area contributed by atoms with Crippen LogP contribution in [0.1, 0.15) is 11.1 Å². The lowest BCUT2D eigenvalue weighted by molar-refractivity contribution is -0.123. The molecule has 0 N–H and O–H groups in total. The normalized spacial score (nSPS) is 17.4. The van der Waals surface area contributed by atoms with Crippen molar-refractivity contribution < 1.29 is 36.3 Å². The molecule has 1 heterocycles. The number of cyclic esters (lactones) is 1. The summed E-state index contributed by atoms with van der Waals surface area (Å²) in [5, 5.41) is 0. The highest BCUT2D eigenvalue weighted by Crippen LogP contribution is 2.35. The summed E-state index contributed by atoms with van der Waals surface area (Å²) < 4.78 is 71.8. The first-order valence-corrected chi connectivity index (χ1v) is 8.45. The number of amides is 2. The van der Waals surface area contributed by atoms with E-state index in [-0.39, 0.29) is 19.0 Å². The predicted octanol–water partition coefficient (Wildman–Crippen LogP) is 4.50. The first-order chi connectivity index (χ1) is 13.6. The molecule has 2 aromatic rings. The fourth-order valence-electron chi connectivity index (χ4n) is 2.92. The molecule has 4 nitrogen and oxygen atoms in total. The van der Waals surface area contributed by atoms with E-state index in [1.807, 2.05) is 0 Å². The van der Waals surface area contributed by atoms with Crippen molar-refractivity contribution >= 4 is 17.6 Å². The van der Waals surface area contributed by atoms with Crippen LogP contribution in [0, 0.1) is 11.6 Å². The second-order valence-corrected chi connectivity index (χ2v) is 6.36. The third-order valence-corrected chi connectivity index (χ3v) is 4.19. The summed E-state index contributed by atoms with van der Waals surface area (Å²) in [5.74, 6) is -3.75. The van der Waals surface area contributed by atoms with Gasteiger partial charge in [0.15, 0.2) is 0 Å². The maximum Gasteiger partial charge on any atom is 0.417 e. The molecule has 1 saturated heterocycles. The van der Waals surface area contributed by atoms with Crippen molar-refractivity contribution in [3.8, 4) is 0 Å². The Labute approximate surface area is 162 Å². The summed E-state index contributed by atoms with van der Waals surface area (Å²) in [7, 11) is 0. The Kier molecular flexibility index (Phi) is 5.67. The predicted molar refractivity (Wildman–Crippen MR) is 92.5 cm³/mol. The number of nitrogens with zero attached hydrogens (tertiary/aromatic N) is 1. The summed E-state index contributed by atoms with van der Waals surface area (Å²) in [4.78, 5) is 24.8. The number of ether oxygens (including phenoxy) is 1. The molecule has 2 amide bonds. The molecule has 0 saturated carbocycles. The highest BCUT2D eigenvalue weighted by atomic mass is 19.4. The molecule has 0 radical (unpaired) electrons. The minimum Gasteiger partial charge on any atom is -0.444 e. The molecule has 1 atom stereocenters. The van der Waals surface area contributed by atoms with E-state index in [9.17, 15) is 31.5 Å². The van der Waals surface area contributed by atoms with Crippen LogP contribution in [-0.4, -0.2) is 35.7 Å². The number of allylic oxidation sites excluding steroid dienone is 1. The van der Waals surface area contributed by atoms with Crippen LogP contribution >= 0.6 is 0 Å². The van der Waals surface area contributed by atoms with Gasteiger partial charge in [0.2, 0.25) is 0 Å². The number of benzene rings is 2. The number of hydrogen-bond donors (Lipinski definition) is 0. The standard InChI is InChI=1S/C20H14F5NO3/c21-14-7-13(8-15(22)9-14)17(20(23,24)25)10-18(27)26-11-16(29-19(26)28)6-12-4-2-1-3-5-12/h1-5,7-10,16H,6,11H2. The quantitative estimate of drug-likeness (QED) is 0.550. The van der Waals surface area contributed by atoms with Crippen LogP contribution in [0.3, 0.4) is 0 Å². The minimum absolute atomic E-state index is 0.139. The van der Waals surface area contributed by atoms with E-state index < -0.39 is 47.1 Å². The van der Waals surface area contributed by atoms with Gasteiger partial charge >= 0.3 is 12.3 Å². The fourth-order valence-corrected chi connectivity index (χ4v) is 2.92. The summed E-state index contributed by atoms with van der Waals surface area (Å²) >= 11 is 0. The van der Waals surface area contributed by atoms with Gasteiger partial charge in [0.25, 0.3) is 5.91 Å². The molecule has 3 rings (SSSR count). The molecule has 0 aromatic heterocycles. The van der Waals surface area contributed by atoms with Gasteiger partial charge in [-0.05, 0) is 23.3 Å².